The number of fused-ring (bicyclic) bond motifs is 1. The van der Waals surface area contributed by atoms with Gasteiger partial charge in [-0.1, -0.05) is 26.2 Å². The lowest BCUT2D eigenvalue weighted by Crippen LogP contribution is -2.39. The van der Waals surface area contributed by atoms with Gasteiger partial charge in [-0.05, 0) is 25.2 Å². The first-order valence-corrected chi connectivity index (χ1v) is 8.08. The highest BCUT2D eigenvalue weighted by atomic mass is 16.2. The Balaban J connectivity index is 1.64. The van der Waals surface area contributed by atoms with E-state index in [9.17, 15) is 9.59 Å². The molecule has 2 amide bonds. The SMILES string of the molecule is C[C@@H]1CC(=O)c2cnc(NC(=O)NC3CCCCC3)nc2C1. The van der Waals surface area contributed by atoms with Crippen LogP contribution in [0.4, 0.5) is 10.7 Å². The molecule has 0 radical (unpaired) electrons. The lowest BCUT2D eigenvalue weighted by atomic mass is 9.88. The van der Waals surface area contributed by atoms with Gasteiger partial charge in [-0.3, -0.25) is 10.1 Å². The van der Waals surface area contributed by atoms with Crippen molar-refractivity contribution in [1.82, 2.24) is 15.3 Å². The van der Waals surface area contributed by atoms with Crippen LogP contribution in [0.3, 0.4) is 0 Å². The predicted molar refractivity (Wildman–Crippen MR) is 82.9 cm³/mol. The third-order valence-corrected chi connectivity index (χ3v) is 4.41. The Labute approximate surface area is 130 Å². The second-order valence-corrected chi connectivity index (χ2v) is 6.42. The second kappa shape index (κ2) is 6.42. The van der Waals surface area contributed by atoms with E-state index in [2.05, 4.69) is 20.6 Å². The van der Waals surface area contributed by atoms with Gasteiger partial charge in [0.05, 0.1) is 11.3 Å². The van der Waals surface area contributed by atoms with Crippen molar-refractivity contribution >= 4 is 17.8 Å². The molecule has 22 heavy (non-hydrogen) atoms. The fraction of sp³-hybridized carbons (Fsp3) is 0.625. The molecule has 1 aromatic heterocycles. The number of nitrogens with zero attached hydrogens (tertiary/aromatic N) is 2. The van der Waals surface area contributed by atoms with E-state index < -0.39 is 0 Å². The van der Waals surface area contributed by atoms with Gasteiger partial charge in [0, 0.05) is 18.7 Å². The van der Waals surface area contributed by atoms with E-state index in [1.165, 1.54) is 25.5 Å². The van der Waals surface area contributed by atoms with Gasteiger partial charge in [-0.2, -0.15) is 0 Å². The van der Waals surface area contributed by atoms with Gasteiger partial charge >= 0.3 is 6.03 Å². The maximum absolute atomic E-state index is 12.0. The summed E-state index contributed by atoms with van der Waals surface area (Å²) in [5.41, 5.74) is 1.34. The number of hydrogen-bond donors (Lipinski definition) is 2. The van der Waals surface area contributed by atoms with Gasteiger partial charge in [0.1, 0.15) is 0 Å². The summed E-state index contributed by atoms with van der Waals surface area (Å²) in [6, 6.07) is -0.0185. The minimum absolute atomic E-state index is 0.0898. The van der Waals surface area contributed by atoms with Crippen LogP contribution >= 0.6 is 0 Å². The summed E-state index contributed by atoms with van der Waals surface area (Å²) in [5.74, 6) is 0.653. The van der Waals surface area contributed by atoms with E-state index in [4.69, 9.17) is 0 Å². The van der Waals surface area contributed by atoms with E-state index in [0.717, 1.165) is 25.0 Å². The Hall–Kier alpha value is -1.98. The van der Waals surface area contributed by atoms with Crippen molar-refractivity contribution in [3.63, 3.8) is 0 Å². The van der Waals surface area contributed by atoms with Gasteiger partial charge in [0.2, 0.25) is 5.95 Å². The molecule has 0 spiro atoms. The van der Waals surface area contributed by atoms with Crippen LogP contribution in [0.1, 0.15) is 61.5 Å². The first-order chi connectivity index (χ1) is 10.6. The lowest BCUT2D eigenvalue weighted by Gasteiger charge is -2.23. The smallest absolute Gasteiger partial charge is 0.321 e. The quantitative estimate of drug-likeness (QED) is 0.879. The van der Waals surface area contributed by atoms with E-state index in [1.54, 1.807) is 0 Å². The number of carbonyl (C=O) groups is 2. The van der Waals surface area contributed by atoms with Gasteiger partial charge < -0.3 is 5.32 Å². The number of carbonyl (C=O) groups excluding carboxylic acids is 2. The summed E-state index contributed by atoms with van der Waals surface area (Å²) in [4.78, 5) is 32.4. The Morgan fingerprint density at radius 1 is 1.23 bits per heavy atom. The summed E-state index contributed by atoms with van der Waals surface area (Å²) in [5, 5.41) is 5.65. The summed E-state index contributed by atoms with van der Waals surface area (Å²) in [6.07, 6.45) is 8.48. The summed E-state index contributed by atoms with van der Waals surface area (Å²) < 4.78 is 0. The minimum atomic E-state index is -0.262. The van der Waals surface area contributed by atoms with Gasteiger partial charge in [-0.15, -0.1) is 0 Å². The molecule has 0 bridgehead atoms. The van der Waals surface area contributed by atoms with Crippen LogP contribution < -0.4 is 10.6 Å². The van der Waals surface area contributed by atoms with Crippen molar-refractivity contribution in [3.8, 4) is 0 Å². The fourth-order valence-electron chi connectivity index (χ4n) is 3.26. The molecule has 1 heterocycles. The molecule has 0 saturated heterocycles. The molecule has 1 saturated carbocycles. The molecule has 118 valence electrons. The molecule has 2 N–H and O–H groups in total. The van der Waals surface area contributed by atoms with Gasteiger partial charge in [0.15, 0.2) is 5.78 Å². The predicted octanol–water partition coefficient (Wildman–Crippen LogP) is 2.70. The lowest BCUT2D eigenvalue weighted by molar-refractivity contribution is 0.0951. The zero-order chi connectivity index (χ0) is 15.5. The molecule has 0 aromatic carbocycles. The largest absolute Gasteiger partial charge is 0.335 e. The van der Waals surface area contributed by atoms with Crippen molar-refractivity contribution in [2.24, 2.45) is 5.92 Å². The highest BCUT2D eigenvalue weighted by Crippen LogP contribution is 2.24. The van der Waals surface area contributed by atoms with Crippen molar-refractivity contribution in [2.75, 3.05) is 5.32 Å². The van der Waals surface area contributed by atoms with Gasteiger partial charge in [0.25, 0.3) is 0 Å². The van der Waals surface area contributed by atoms with Crippen molar-refractivity contribution in [1.29, 1.82) is 0 Å². The highest BCUT2D eigenvalue weighted by Gasteiger charge is 2.24. The van der Waals surface area contributed by atoms with Crippen LogP contribution in [0.2, 0.25) is 0 Å². The topological polar surface area (TPSA) is 84.0 Å². The maximum Gasteiger partial charge on any atom is 0.321 e. The number of ketones is 1. The monoisotopic (exact) mass is 302 g/mol. The molecule has 0 aliphatic heterocycles. The molecule has 1 atom stereocenters. The van der Waals surface area contributed by atoms with Crippen LogP contribution in [0.25, 0.3) is 0 Å². The standard InChI is InChI=1S/C16H22N4O2/c1-10-7-13-12(14(21)8-10)9-17-15(19-13)20-16(22)18-11-5-3-2-4-6-11/h9-11H,2-8H2,1H3,(H2,17,18,19,20,22)/t10-/m0/s1. The van der Waals surface area contributed by atoms with Crippen LogP contribution in [0.5, 0.6) is 0 Å². The molecular formula is C16H22N4O2. The normalized spacial score (nSPS) is 22.0. The third kappa shape index (κ3) is 3.43. The number of anilines is 1. The van der Waals surface area contributed by atoms with Crippen LogP contribution in [-0.4, -0.2) is 27.8 Å². The summed E-state index contributed by atoms with van der Waals surface area (Å²) in [6.45, 7) is 2.03. The molecule has 3 rings (SSSR count). The zero-order valence-corrected chi connectivity index (χ0v) is 12.9. The minimum Gasteiger partial charge on any atom is -0.335 e. The van der Waals surface area contributed by atoms with E-state index >= 15 is 0 Å². The van der Waals surface area contributed by atoms with Crippen LogP contribution in [0.15, 0.2) is 6.20 Å². The zero-order valence-electron chi connectivity index (χ0n) is 12.9. The average molecular weight is 302 g/mol. The number of nitrogens with one attached hydrogen (secondary N) is 2. The number of rotatable bonds is 2. The Bertz CT molecular complexity index is 582. The fourth-order valence-corrected chi connectivity index (χ4v) is 3.26. The van der Waals surface area contributed by atoms with Crippen molar-refractivity contribution in [2.45, 2.75) is 57.9 Å². The first kappa shape index (κ1) is 14.9. The molecule has 2 aliphatic carbocycles. The summed E-state index contributed by atoms with van der Waals surface area (Å²) in [7, 11) is 0. The Kier molecular flexibility index (Phi) is 4.36. The first-order valence-electron chi connectivity index (χ1n) is 8.08. The molecule has 6 heteroatoms. The molecule has 1 aromatic rings. The highest BCUT2D eigenvalue weighted by molar-refractivity contribution is 5.98. The molecule has 2 aliphatic rings. The number of amides is 2. The number of urea groups is 1. The number of aromatic nitrogens is 2. The Morgan fingerprint density at radius 2 is 2.00 bits per heavy atom. The van der Waals surface area contributed by atoms with Crippen molar-refractivity contribution < 1.29 is 9.59 Å². The molecule has 0 unspecified atom stereocenters. The van der Waals surface area contributed by atoms with E-state index in [0.29, 0.717) is 17.9 Å². The van der Waals surface area contributed by atoms with Crippen LogP contribution in [0, 0.1) is 5.92 Å². The number of Topliss-reactive ketones (excluding diaryl/α,β-unsaturated/α-hetero) is 1. The molecular weight excluding hydrogens is 280 g/mol. The van der Waals surface area contributed by atoms with E-state index in [1.807, 2.05) is 6.92 Å². The maximum atomic E-state index is 12.0. The molecule has 1 fully saturated rings. The van der Waals surface area contributed by atoms with Crippen molar-refractivity contribution in [3.05, 3.63) is 17.5 Å². The van der Waals surface area contributed by atoms with Crippen LogP contribution in [-0.2, 0) is 6.42 Å². The third-order valence-electron chi connectivity index (χ3n) is 4.41. The average Bonchev–Trinajstić information content (AvgIpc) is 2.47. The van der Waals surface area contributed by atoms with Gasteiger partial charge in [-0.25, -0.2) is 14.8 Å². The second-order valence-electron chi connectivity index (χ2n) is 6.42. The molecule has 6 nitrogen and oxygen atoms in total. The summed E-state index contributed by atoms with van der Waals surface area (Å²) >= 11 is 0. The Morgan fingerprint density at radius 3 is 2.77 bits per heavy atom. The van der Waals surface area contributed by atoms with E-state index in [-0.39, 0.29) is 23.8 Å². The number of hydrogen-bond acceptors (Lipinski definition) is 4.